The number of aromatic nitrogens is 1. The third-order valence-electron chi connectivity index (χ3n) is 2.62. The van der Waals surface area contributed by atoms with Crippen molar-refractivity contribution in [1.29, 1.82) is 0 Å². The maximum Gasteiger partial charge on any atom is 0.342 e. The van der Waals surface area contributed by atoms with E-state index in [2.05, 4.69) is 10.3 Å². The predicted molar refractivity (Wildman–Crippen MR) is 71.9 cm³/mol. The van der Waals surface area contributed by atoms with E-state index in [0.29, 0.717) is 24.5 Å². The maximum absolute atomic E-state index is 12.1. The molecule has 1 aromatic carbocycles. The zero-order valence-corrected chi connectivity index (χ0v) is 10.6. The van der Waals surface area contributed by atoms with Crippen molar-refractivity contribution in [3.8, 4) is 0 Å². The van der Waals surface area contributed by atoms with E-state index in [1.165, 1.54) is 0 Å². The van der Waals surface area contributed by atoms with E-state index >= 15 is 0 Å². The van der Waals surface area contributed by atoms with Crippen LogP contribution in [0.25, 0.3) is 10.8 Å². The minimum atomic E-state index is -0.335. The van der Waals surface area contributed by atoms with E-state index in [-0.39, 0.29) is 5.97 Å². The number of anilines is 1. The highest BCUT2D eigenvalue weighted by Crippen LogP contribution is 2.24. The van der Waals surface area contributed by atoms with Crippen molar-refractivity contribution in [3.63, 3.8) is 0 Å². The molecule has 0 aliphatic carbocycles. The fourth-order valence-corrected chi connectivity index (χ4v) is 1.87. The predicted octanol–water partition coefficient (Wildman–Crippen LogP) is 2.84. The van der Waals surface area contributed by atoms with Gasteiger partial charge < -0.3 is 10.1 Å². The van der Waals surface area contributed by atoms with E-state index in [4.69, 9.17) is 4.74 Å². The minimum Gasteiger partial charge on any atom is -0.462 e. The first-order valence-electron chi connectivity index (χ1n) is 6.06. The molecule has 1 aromatic heterocycles. The van der Waals surface area contributed by atoms with Crippen LogP contribution >= 0.6 is 0 Å². The molecule has 0 saturated heterocycles. The molecule has 4 nitrogen and oxygen atoms in total. The smallest absolute Gasteiger partial charge is 0.342 e. The topological polar surface area (TPSA) is 51.2 Å². The van der Waals surface area contributed by atoms with Gasteiger partial charge in [-0.3, -0.25) is 0 Å². The zero-order chi connectivity index (χ0) is 13.0. The van der Waals surface area contributed by atoms with Gasteiger partial charge in [-0.1, -0.05) is 24.3 Å². The van der Waals surface area contributed by atoms with Crippen LogP contribution in [-0.4, -0.2) is 24.1 Å². The second-order valence-corrected chi connectivity index (χ2v) is 3.82. The SMILES string of the molecule is CCNc1ncc2ccccc2c1C(=O)OCC. The molecule has 0 aliphatic rings. The number of fused-ring (bicyclic) bond motifs is 1. The highest BCUT2D eigenvalue weighted by atomic mass is 16.5. The van der Waals surface area contributed by atoms with Gasteiger partial charge in [0.2, 0.25) is 0 Å². The van der Waals surface area contributed by atoms with Crippen molar-refractivity contribution in [3.05, 3.63) is 36.0 Å². The molecule has 1 heterocycles. The number of ether oxygens (including phenoxy) is 1. The number of pyridine rings is 1. The molecule has 0 amide bonds. The number of esters is 1. The maximum atomic E-state index is 12.1. The number of hydrogen-bond donors (Lipinski definition) is 1. The number of hydrogen-bond acceptors (Lipinski definition) is 4. The molecule has 0 atom stereocenters. The highest BCUT2D eigenvalue weighted by molar-refractivity contribution is 6.08. The third-order valence-corrected chi connectivity index (χ3v) is 2.62. The van der Waals surface area contributed by atoms with Crippen molar-refractivity contribution in [2.45, 2.75) is 13.8 Å². The van der Waals surface area contributed by atoms with Crippen LogP contribution in [0.4, 0.5) is 5.82 Å². The normalized spacial score (nSPS) is 10.3. The van der Waals surface area contributed by atoms with Gasteiger partial charge in [0.05, 0.1) is 6.61 Å². The number of rotatable bonds is 4. The molecule has 4 heteroatoms. The van der Waals surface area contributed by atoms with E-state index in [9.17, 15) is 4.79 Å². The second kappa shape index (κ2) is 5.49. The highest BCUT2D eigenvalue weighted by Gasteiger charge is 2.17. The summed E-state index contributed by atoms with van der Waals surface area (Å²) in [7, 11) is 0. The summed E-state index contributed by atoms with van der Waals surface area (Å²) in [5, 5.41) is 4.89. The standard InChI is InChI=1S/C14H16N2O2/c1-3-15-13-12(14(17)18-4-2)11-8-6-5-7-10(11)9-16-13/h5-9H,3-4H2,1-2H3,(H,15,16). The summed E-state index contributed by atoms with van der Waals surface area (Å²) in [6, 6.07) is 7.66. The molecule has 0 bridgehead atoms. The van der Waals surface area contributed by atoms with Crippen molar-refractivity contribution in [2.75, 3.05) is 18.5 Å². The van der Waals surface area contributed by atoms with Crippen LogP contribution in [0.3, 0.4) is 0 Å². The van der Waals surface area contributed by atoms with Crippen LogP contribution in [-0.2, 0) is 4.74 Å². The van der Waals surface area contributed by atoms with Crippen LogP contribution in [0.5, 0.6) is 0 Å². The van der Waals surface area contributed by atoms with Crippen LogP contribution in [0.1, 0.15) is 24.2 Å². The quantitative estimate of drug-likeness (QED) is 0.840. The Morgan fingerprint density at radius 2 is 2.11 bits per heavy atom. The summed E-state index contributed by atoms with van der Waals surface area (Å²) in [6.07, 6.45) is 1.76. The molecule has 94 valence electrons. The van der Waals surface area contributed by atoms with Gasteiger partial charge in [-0.05, 0) is 13.8 Å². The summed E-state index contributed by atoms with van der Waals surface area (Å²) < 4.78 is 5.10. The fourth-order valence-electron chi connectivity index (χ4n) is 1.87. The van der Waals surface area contributed by atoms with Gasteiger partial charge in [0.25, 0.3) is 0 Å². The van der Waals surface area contributed by atoms with E-state index < -0.39 is 0 Å². The number of benzene rings is 1. The lowest BCUT2D eigenvalue weighted by molar-refractivity contribution is 0.0529. The molecular formula is C14H16N2O2. The first-order valence-corrected chi connectivity index (χ1v) is 6.06. The van der Waals surface area contributed by atoms with Gasteiger partial charge in [-0.25, -0.2) is 9.78 Å². The molecule has 0 unspecified atom stereocenters. The second-order valence-electron chi connectivity index (χ2n) is 3.82. The Bertz CT molecular complexity index is 567. The molecule has 0 aliphatic heterocycles. The Kier molecular flexibility index (Phi) is 3.77. The van der Waals surface area contributed by atoms with Gasteiger partial charge in [0.1, 0.15) is 11.4 Å². The van der Waals surface area contributed by atoms with Crippen LogP contribution in [0.15, 0.2) is 30.5 Å². The summed E-state index contributed by atoms with van der Waals surface area (Å²) >= 11 is 0. The Labute approximate surface area is 106 Å². The summed E-state index contributed by atoms with van der Waals surface area (Å²) in [5.74, 6) is 0.243. The molecule has 2 rings (SSSR count). The van der Waals surface area contributed by atoms with Gasteiger partial charge in [0.15, 0.2) is 0 Å². The lowest BCUT2D eigenvalue weighted by Gasteiger charge is -2.11. The Morgan fingerprint density at radius 3 is 2.83 bits per heavy atom. The summed E-state index contributed by atoms with van der Waals surface area (Å²) in [4.78, 5) is 16.3. The van der Waals surface area contributed by atoms with Gasteiger partial charge in [-0.2, -0.15) is 0 Å². The molecule has 0 spiro atoms. The van der Waals surface area contributed by atoms with Crippen molar-refractivity contribution in [1.82, 2.24) is 4.98 Å². The monoisotopic (exact) mass is 244 g/mol. The van der Waals surface area contributed by atoms with Crippen molar-refractivity contribution in [2.24, 2.45) is 0 Å². The Balaban J connectivity index is 2.62. The molecule has 1 N–H and O–H groups in total. The van der Waals surface area contributed by atoms with Gasteiger partial charge >= 0.3 is 5.97 Å². The summed E-state index contributed by atoms with van der Waals surface area (Å²) in [5.41, 5.74) is 0.511. The average molecular weight is 244 g/mol. The van der Waals surface area contributed by atoms with Crippen LogP contribution < -0.4 is 5.32 Å². The Morgan fingerprint density at radius 1 is 1.33 bits per heavy atom. The fraction of sp³-hybridized carbons (Fsp3) is 0.286. The Hall–Kier alpha value is -2.10. The molecule has 0 fully saturated rings. The molecular weight excluding hydrogens is 228 g/mol. The largest absolute Gasteiger partial charge is 0.462 e. The molecule has 0 saturated carbocycles. The zero-order valence-electron chi connectivity index (χ0n) is 10.6. The minimum absolute atomic E-state index is 0.335. The van der Waals surface area contributed by atoms with Gasteiger partial charge in [0, 0.05) is 23.5 Å². The lowest BCUT2D eigenvalue weighted by atomic mass is 10.1. The molecule has 18 heavy (non-hydrogen) atoms. The van der Waals surface area contributed by atoms with Crippen molar-refractivity contribution < 1.29 is 9.53 Å². The molecule has 0 radical (unpaired) electrons. The van der Waals surface area contributed by atoms with E-state index in [1.807, 2.05) is 31.2 Å². The number of carbonyl (C=O) groups excluding carboxylic acids is 1. The van der Waals surface area contributed by atoms with Crippen molar-refractivity contribution >= 4 is 22.6 Å². The summed E-state index contributed by atoms with van der Waals surface area (Å²) in [6.45, 7) is 4.82. The van der Waals surface area contributed by atoms with Gasteiger partial charge in [-0.15, -0.1) is 0 Å². The van der Waals surface area contributed by atoms with Crippen LogP contribution in [0.2, 0.25) is 0 Å². The first-order chi connectivity index (χ1) is 8.77. The third kappa shape index (κ3) is 2.27. The number of nitrogens with zero attached hydrogens (tertiary/aromatic N) is 1. The van der Waals surface area contributed by atoms with E-state index in [1.54, 1.807) is 13.1 Å². The van der Waals surface area contributed by atoms with E-state index in [0.717, 1.165) is 10.8 Å². The first kappa shape index (κ1) is 12.4. The molecule has 2 aromatic rings. The van der Waals surface area contributed by atoms with Crippen LogP contribution in [0, 0.1) is 0 Å². The average Bonchev–Trinajstić information content (AvgIpc) is 2.39. The lowest BCUT2D eigenvalue weighted by Crippen LogP contribution is -2.11. The number of carbonyl (C=O) groups is 1. The number of nitrogens with one attached hydrogen (secondary N) is 1.